The predicted octanol–water partition coefficient (Wildman–Crippen LogP) is 16.2. The van der Waals surface area contributed by atoms with E-state index in [9.17, 15) is 0 Å². The Morgan fingerprint density at radius 3 is 0.914 bits per heavy atom. The quantitative estimate of drug-likeness (QED) is 0.124. The minimum Gasteiger partial charge on any atom is -0.308 e. The molecular weight excluding hydrogens is 701 g/mol. The molecule has 0 bridgehead atoms. The molecule has 0 fully saturated rings. The molecule has 274 valence electrons. The van der Waals surface area contributed by atoms with Crippen molar-refractivity contribution in [3.63, 3.8) is 0 Å². The maximum absolute atomic E-state index is 2.54. The van der Waals surface area contributed by atoms with Crippen molar-refractivity contribution < 1.29 is 0 Å². The van der Waals surface area contributed by atoms with Gasteiger partial charge in [-0.2, -0.15) is 0 Å². The van der Waals surface area contributed by atoms with E-state index in [-0.39, 0.29) is 0 Å². The smallest absolute Gasteiger partial charge is 0.0620 e. The summed E-state index contributed by atoms with van der Waals surface area (Å²) >= 11 is 0. The summed E-state index contributed by atoms with van der Waals surface area (Å²) in [6.07, 6.45) is 0. The van der Waals surface area contributed by atoms with Gasteiger partial charge in [-0.15, -0.1) is 0 Å². The molecule has 2 heteroatoms. The van der Waals surface area contributed by atoms with Gasteiger partial charge in [0, 0.05) is 43.7 Å². The highest BCUT2D eigenvalue weighted by molar-refractivity contribution is 6.25. The molecule has 0 spiro atoms. The Bertz CT molecular complexity index is 3110. The molecule has 2 nitrogen and oxygen atoms in total. The normalized spacial score (nSPS) is 11.6. The van der Waals surface area contributed by atoms with Gasteiger partial charge in [0.25, 0.3) is 0 Å². The number of anilines is 6. The lowest BCUT2D eigenvalue weighted by atomic mass is 9.93. The second-order valence-corrected chi connectivity index (χ2v) is 15.4. The van der Waals surface area contributed by atoms with Crippen molar-refractivity contribution in [3.05, 3.63) is 217 Å². The van der Waals surface area contributed by atoms with E-state index in [0.29, 0.717) is 0 Å². The Kier molecular flexibility index (Phi) is 7.97. The van der Waals surface area contributed by atoms with Crippen molar-refractivity contribution in [2.45, 2.75) is 13.8 Å². The standard InChI is InChI=1S/C56H40N2/c1-37-27-29-41-17-7-9-21-47(41)53(37)57(45-33-31-39-15-3-5-19-43(39)35-45)55-49-23-11-13-25-51(49)56(52-26-14-12-24-50(52)55)58(46-34-32-40-16-4-6-20-44(40)36-46)54-38(2)28-30-42-18-8-10-22-48(42)54/h3-36H,1-2H3. The largest absolute Gasteiger partial charge is 0.308 e. The first-order valence-electron chi connectivity index (χ1n) is 20.1. The summed E-state index contributed by atoms with van der Waals surface area (Å²) in [4.78, 5) is 5.09. The number of fused-ring (bicyclic) bond motifs is 6. The molecule has 0 aliphatic heterocycles. The molecule has 0 aromatic heterocycles. The van der Waals surface area contributed by atoms with Crippen molar-refractivity contribution >= 4 is 98.8 Å². The van der Waals surface area contributed by atoms with Crippen molar-refractivity contribution in [3.8, 4) is 0 Å². The van der Waals surface area contributed by atoms with Crippen LogP contribution in [0.15, 0.2) is 206 Å². The molecule has 0 saturated heterocycles. The lowest BCUT2D eigenvalue weighted by molar-refractivity contribution is 1.28. The van der Waals surface area contributed by atoms with Crippen LogP contribution < -0.4 is 9.80 Å². The number of rotatable bonds is 6. The second-order valence-electron chi connectivity index (χ2n) is 15.4. The molecule has 11 aromatic carbocycles. The van der Waals surface area contributed by atoms with Gasteiger partial charge in [-0.05, 0) is 81.6 Å². The summed E-state index contributed by atoms with van der Waals surface area (Å²) in [6, 6.07) is 75.9. The Morgan fingerprint density at radius 2 is 0.534 bits per heavy atom. The molecule has 0 radical (unpaired) electrons. The molecule has 0 saturated carbocycles. The van der Waals surface area contributed by atoms with Crippen molar-refractivity contribution in [1.82, 2.24) is 0 Å². The Hall–Kier alpha value is -7.42. The topological polar surface area (TPSA) is 6.48 Å². The zero-order valence-electron chi connectivity index (χ0n) is 32.5. The zero-order valence-corrected chi connectivity index (χ0v) is 32.5. The summed E-state index contributed by atoms with van der Waals surface area (Å²) in [5.41, 5.74) is 9.38. The molecule has 58 heavy (non-hydrogen) atoms. The summed E-state index contributed by atoms with van der Waals surface area (Å²) in [6.45, 7) is 4.50. The molecule has 0 aliphatic rings. The summed E-state index contributed by atoms with van der Waals surface area (Å²) in [5, 5.41) is 14.5. The van der Waals surface area contributed by atoms with Crippen LogP contribution in [0.2, 0.25) is 0 Å². The highest BCUT2D eigenvalue weighted by atomic mass is 15.2. The monoisotopic (exact) mass is 740 g/mol. The second kappa shape index (κ2) is 13.7. The van der Waals surface area contributed by atoms with Gasteiger partial charge in [0.15, 0.2) is 0 Å². The SMILES string of the molecule is Cc1ccc2ccccc2c1N(c1ccc2ccccc2c1)c1c2ccccc2c(N(c2ccc3ccccc3c2)c2c(C)ccc3ccccc23)c2ccccc12. The fourth-order valence-corrected chi connectivity index (χ4v) is 9.26. The van der Waals surface area contributed by atoms with E-state index in [1.165, 1.54) is 87.1 Å². The number of benzene rings is 11. The van der Waals surface area contributed by atoms with Crippen molar-refractivity contribution in [1.29, 1.82) is 0 Å². The third kappa shape index (κ3) is 5.41. The van der Waals surface area contributed by atoms with Crippen LogP contribution in [0, 0.1) is 13.8 Å². The van der Waals surface area contributed by atoms with Gasteiger partial charge in [-0.3, -0.25) is 0 Å². The fourth-order valence-electron chi connectivity index (χ4n) is 9.26. The number of aryl methyl sites for hydroxylation is 2. The van der Waals surface area contributed by atoms with Crippen LogP contribution in [-0.4, -0.2) is 0 Å². The van der Waals surface area contributed by atoms with Crippen LogP contribution in [-0.2, 0) is 0 Å². The predicted molar refractivity (Wildman–Crippen MR) is 250 cm³/mol. The van der Waals surface area contributed by atoms with Gasteiger partial charge in [-0.25, -0.2) is 0 Å². The first-order chi connectivity index (χ1) is 28.6. The highest BCUT2D eigenvalue weighted by Crippen LogP contribution is 2.53. The van der Waals surface area contributed by atoms with Gasteiger partial charge in [0.1, 0.15) is 0 Å². The summed E-state index contributed by atoms with van der Waals surface area (Å²) < 4.78 is 0. The van der Waals surface area contributed by atoms with Crippen molar-refractivity contribution in [2.24, 2.45) is 0 Å². The molecular formula is C56H40N2. The molecule has 11 rings (SSSR count). The van der Waals surface area contributed by atoms with Crippen LogP contribution >= 0.6 is 0 Å². The zero-order chi connectivity index (χ0) is 38.7. The summed E-state index contributed by atoms with van der Waals surface area (Å²) in [7, 11) is 0. The van der Waals surface area contributed by atoms with Crippen molar-refractivity contribution in [2.75, 3.05) is 9.80 Å². The van der Waals surface area contributed by atoms with Crippen LogP contribution in [0.25, 0.3) is 64.6 Å². The lowest BCUT2D eigenvalue weighted by Crippen LogP contribution is -2.16. The Labute approximate surface area is 338 Å². The summed E-state index contributed by atoms with van der Waals surface area (Å²) in [5.74, 6) is 0. The van der Waals surface area contributed by atoms with Gasteiger partial charge < -0.3 is 9.80 Å². The molecule has 11 aromatic rings. The van der Waals surface area contributed by atoms with Crippen LogP contribution in [0.3, 0.4) is 0 Å². The Balaban J connectivity index is 1.30. The maximum atomic E-state index is 2.54. The molecule has 0 unspecified atom stereocenters. The third-order valence-electron chi connectivity index (χ3n) is 12.0. The van der Waals surface area contributed by atoms with Crippen LogP contribution in [0.5, 0.6) is 0 Å². The van der Waals surface area contributed by atoms with E-state index < -0.39 is 0 Å². The van der Waals surface area contributed by atoms with Gasteiger partial charge in [-0.1, -0.05) is 182 Å². The first kappa shape index (κ1) is 33.9. The average Bonchev–Trinajstić information content (AvgIpc) is 3.28. The minimum absolute atomic E-state index is 1.12. The van der Waals surface area contributed by atoms with E-state index in [4.69, 9.17) is 0 Å². The van der Waals surface area contributed by atoms with Gasteiger partial charge >= 0.3 is 0 Å². The van der Waals surface area contributed by atoms with E-state index in [1.54, 1.807) is 0 Å². The minimum atomic E-state index is 1.12. The van der Waals surface area contributed by atoms with Crippen LogP contribution in [0.4, 0.5) is 34.1 Å². The first-order valence-corrected chi connectivity index (χ1v) is 20.1. The van der Waals surface area contributed by atoms with E-state index in [2.05, 4.69) is 230 Å². The molecule has 0 aliphatic carbocycles. The molecule has 0 atom stereocenters. The van der Waals surface area contributed by atoms with E-state index >= 15 is 0 Å². The molecule has 0 N–H and O–H groups in total. The number of hydrogen-bond acceptors (Lipinski definition) is 2. The van der Waals surface area contributed by atoms with E-state index in [1.807, 2.05) is 0 Å². The fraction of sp³-hybridized carbons (Fsp3) is 0.0357. The third-order valence-corrected chi connectivity index (χ3v) is 12.0. The number of nitrogens with zero attached hydrogens (tertiary/aromatic N) is 2. The van der Waals surface area contributed by atoms with E-state index in [0.717, 1.165) is 22.7 Å². The maximum Gasteiger partial charge on any atom is 0.0620 e. The molecule has 0 amide bonds. The van der Waals surface area contributed by atoms with Crippen LogP contribution in [0.1, 0.15) is 11.1 Å². The Morgan fingerprint density at radius 1 is 0.241 bits per heavy atom. The highest BCUT2D eigenvalue weighted by Gasteiger charge is 2.28. The van der Waals surface area contributed by atoms with Gasteiger partial charge in [0.05, 0.1) is 22.7 Å². The number of hydrogen-bond donors (Lipinski definition) is 0. The lowest BCUT2D eigenvalue weighted by Gasteiger charge is -2.35. The van der Waals surface area contributed by atoms with Gasteiger partial charge in [0.2, 0.25) is 0 Å². The average molecular weight is 741 g/mol. The molecule has 0 heterocycles.